The molecular formula is C20H26N2O5. The number of carbonyl (C=O) groups is 2. The van der Waals surface area contributed by atoms with Crippen LogP contribution in [0.1, 0.15) is 45.1 Å². The van der Waals surface area contributed by atoms with E-state index in [1.54, 1.807) is 18.2 Å². The molecule has 0 heterocycles. The van der Waals surface area contributed by atoms with E-state index in [2.05, 4.69) is 12.2 Å². The zero-order valence-corrected chi connectivity index (χ0v) is 15.8. The summed E-state index contributed by atoms with van der Waals surface area (Å²) in [6, 6.07) is 6.84. The van der Waals surface area contributed by atoms with E-state index in [4.69, 9.17) is 19.5 Å². The molecule has 1 aromatic carbocycles. The number of nitrogens with one attached hydrogen (secondary N) is 1. The van der Waals surface area contributed by atoms with Gasteiger partial charge in [0.2, 0.25) is 0 Å². The summed E-state index contributed by atoms with van der Waals surface area (Å²) in [5, 5.41) is 11.9. The number of carbonyl (C=O) groups excluding carboxylic acids is 2. The third-order valence-electron chi connectivity index (χ3n) is 4.54. The zero-order chi connectivity index (χ0) is 19.6. The lowest BCUT2D eigenvalue weighted by Gasteiger charge is -2.29. The summed E-state index contributed by atoms with van der Waals surface area (Å²) in [6.45, 7) is 3.66. The van der Waals surface area contributed by atoms with Gasteiger partial charge in [0.25, 0.3) is 5.91 Å². The summed E-state index contributed by atoms with van der Waals surface area (Å²) >= 11 is 0. The SMILES string of the molecule is CCOc1cc(C#N)ccc1OCC(=O)OCC(=O)NC1CCCCC1C. The molecule has 1 aromatic rings. The Morgan fingerprint density at radius 1 is 1.19 bits per heavy atom. The Bertz CT molecular complexity index is 698. The minimum atomic E-state index is -0.645. The third-order valence-corrected chi connectivity index (χ3v) is 4.54. The number of benzene rings is 1. The van der Waals surface area contributed by atoms with Gasteiger partial charge in [-0.1, -0.05) is 19.8 Å². The van der Waals surface area contributed by atoms with Crippen LogP contribution < -0.4 is 14.8 Å². The Kier molecular flexibility index (Phi) is 7.93. The van der Waals surface area contributed by atoms with E-state index in [-0.39, 0.29) is 25.2 Å². The van der Waals surface area contributed by atoms with Crippen molar-refractivity contribution in [3.8, 4) is 17.6 Å². The van der Waals surface area contributed by atoms with Crippen LogP contribution in [0.5, 0.6) is 11.5 Å². The molecular weight excluding hydrogens is 348 g/mol. The fraction of sp³-hybridized carbons (Fsp3) is 0.550. The Hall–Kier alpha value is -2.75. The highest BCUT2D eigenvalue weighted by atomic mass is 16.6. The molecule has 1 fully saturated rings. The molecule has 0 aromatic heterocycles. The lowest BCUT2D eigenvalue weighted by molar-refractivity contribution is -0.150. The minimum Gasteiger partial charge on any atom is -0.490 e. The number of rotatable bonds is 8. The molecule has 0 saturated heterocycles. The summed E-state index contributed by atoms with van der Waals surface area (Å²) in [4.78, 5) is 23.8. The molecule has 146 valence electrons. The maximum absolute atomic E-state index is 12.0. The number of ether oxygens (including phenoxy) is 3. The fourth-order valence-electron chi connectivity index (χ4n) is 3.07. The van der Waals surface area contributed by atoms with Crippen molar-refractivity contribution in [2.45, 2.75) is 45.6 Å². The molecule has 1 aliphatic carbocycles. The second-order valence-electron chi connectivity index (χ2n) is 6.59. The molecule has 1 amide bonds. The Balaban J connectivity index is 1.77. The first-order valence-electron chi connectivity index (χ1n) is 9.28. The number of nitriles is 1. The maximum Gasteiger partial charge on any atom is 0.344 e. The van der Waals surface area contributed by atoms with Crippen molar-refractivity contribution in [1.82, 2.24) is 5.32 Å². The van der Waals surface area contributed by atoms with Crippen LogP contribution in [-0.2, 0) is 14.3 Å². The van der Waals surface area contributed by atoms with Gasteiger partial charge in [0.1, 0.15) is 0 Å². The van der Waals surface area contributed by atoms with E-state index in [9.17, 15) is 9.59 Å². The number of esters is 1. The predicted octanol–water partition coefficient (Wildman–Crippen LogP) is 2.57. The van der Waals surface area contributed by atoms with Gasteiger partial charge in [0, 0.05) is 12.1 Å². The lowest BCUT2D eigenvalue weighted by Crippen LogP contribution is -2.43. The summed E-state index contributed by atoms with van der Waals surface area (Å²) in [6.07, 6.45) is 4.36. The quantitative estimate of drug-likeness (QED) is 0.703. The van der Waals surface area contributed by atoms with Crippen LogP contribution in [0.4, 0.5) is 0 Å². The molecule has 0 spiro atoms. The van der Waals surface area contributed by atoms with Crippen LogP contribution in [0.25, 0.3) is 0 Å². The van der Waals surface area contributed by atoms with Crippen molar-refractivity contribution in [3.05, 3.63) is 23.8 Å². The van der Waals surface area contributed by atoms with Crippen LogP contribution in [0.2, 0.25) is 0 Å². The molecule has 7 heteroatoms. The normalized spacial score (nSPS) is 18.9. The van der Waals surface area contributed by atoms with E-state index in [0.29, 0.717) is 29.6 Å². The van der Waals surface area contributed by atoms with Gasteiger partial charge in [0.15, 0.2) is 24.7 Å². The Morgan fingerprint density at radius 3 is 2.67 bits per heavy atom. The molecule has 27 heavy (non-hydrogen) atoms. The number of hydrogen-bond acceptors (Lipinski definition) is 6. The molecule has 1 N–H and O–H groups in total. The van der Waals surface area contributed by atoms with Crippen molar-refractivity contribution in [1.29, 1.82) is 5.26 Å². The van der Waals surface area contributed by atoms with Crippen molar-refractivity contribution in [2.75, 3.05) is 19.8 Å². The Morgan fingerprint density at radius 2 is 1.96 bits per heavy atom. The first kappa shape index (κ1) is 20.6. The largest absolute Gasteiger partial charge is 0.490 e. The molecule has 2 atom stereocenters. The van der Waals surface area contributed by atoms with Gasteiger partial charge in [-0.2, -0.15) is 5.26 Å². The van der Waals surface area contributed by atoms with Gasteiger partial charge in [0.05, 0.1) is 18.2 Å². The van der Waals surface area contributed by atoms with Crippen LogP contribution >= 0.6 is 0 Å². The fourth-order valence-corrected chi connectivity index (χ4v) is 3.07. The number of nitrogens with zero attached hydrogens (tertiary/aromatic N) is 1. The summed E-state index contributed by atoms with van der Waals surface area (Å²) in [7, 11) is 0. The van der Waals surface area contributed by atoms with Gasteiger partial charge in [-0.05, 0) is 37.8 Å². The van der Waals surface area contributed by atoms with Crippen molar-refractivity contribution < 1.29 is 23.8 Å². The van der Waals surface area contributed by atoms with E-state index in [0.717, 1.165) is 19.3 Å². The van der Waals surface area contributed by atoms with Gasteiger partial charge in [-0.3, -0.25) is 4.79 Å². The van der Waals surface area contributed by atoms with Gasteiger partial charge in [-0.25, -0.2) is 4.79 Å². The summed E-state index contributed by atoms with van der Waals surface area (Å²) in [5.74, 6) is 0.223. The molecule has 0 radical (unpaired) electrons. The predicted molar refractivity (Wildman–Crippen MR) is 98.3 cm³/mol. The first-order chi connectivity index (χ1) is 13.0. The average molecular weight is 374 g/mol. The molecule has 1 saturated carbocycles. The second kappa shape index (κ2) is 10.4. The number of hydrogen-bond donors (Lipinski definition) is 1. The zero-order valence-electron chi connectivity index (χ0n) is 15.8. The van der Waals surface area contributed by atoms with Crippen LogP contribution in [0.15, 0.2) is 18.2 Å². The standard InChI is InChI=1S/C20H26N2O5/c1-3-25-18-10-15(11-21)8-9-17(18)26-13-20(24)27-12-19(23)22-16-7-5-4-6-14(16)2/h8-10,14,16H,3-7,12-13H2,1-2H3,(H,22,23). The average Bonchev–Trinajstić information content (AvgIpc) is 2.67. The molecule has 1 aliphatic rings. The lowest BCUT2D eigenvalue weighted by atomic mass is 9.86. The van der Waals surface area contributed by atoms with E-state index in [1.165, 1.54) is 6.42 Å². The monoisotopic (exact) mass is 374 g/mol. The summed E-state index contributed by atoms with van der Waals surface area (Å²) in [5.41, 5.74) is 0.432. The van der Waals surface area contributed by atoms with Crippen LogP contribution in [-0.4, -0.2) is 37.7 Å². The highest BCUT2D eigenvalue weighted by Crippen LogP contribution is 2.28. The molecule has 0 bridgehead atoms. The third kappa shape index (κ3) is 6.48. The number of amides is 1. The van der Waals surface area contributed by atoms with Gasteiger partial charge < -0.3 is 19.5 Å². The molecule has 2 unspecified atom stereocenters. The molecule has 2 rings (SSSR count). The van der Waals surface area contributed by atoms with Crippen LogP contribution in [0, 0.1) is 17.2 Å². The molecule has 0 aliphatic heterocycles. The minimum absolute atomic E-state index is 0.147. The van der Waals surface area contributed by atoms with Gasteiger partial charge >= 0.3 is 5.97 Å². The smallest absolute Gasteiger partial charge is 0.344 e. The first-order valence-corrected chi connectivity index (χ1v) is 9.28. The highest BCUT2D eigenvalue weighted by molar-refractivity contribution is 5.81. The maximum atomic E-state index is 12.0. The second-order valence-corrected chi connectivity index (χ2v) is 6.59. The van der Waals surface area contributed by atoms with Gasteiger partial charge in [-0.15, -0.1) is 0 Å². The van der Waals surface area contributed by atoms with E-state index >= 15 is 0 Å². The van der Waals surface area contributed by atoms with E-state index < -0.39 is 5.97 Å². The Labute approximate surface area is 159 Å². The summed E-state index contributed by atoms with van der Waals surface area (Å²) < 4.78 is 15.8. The van der Waals surface area contributed by atoms with E-state index in [1.807, 2.05) is 13.0 Å². The topological polar surface area (TPSA) is 97.7 Å². The molecule has 7 nitrogen and oxygen atoms in total. The van der Waals surface area contributed by atoms with Crippen LogP contribution in [0.3, 0.4) is 0 Å². The highest BCUT2D eigenvalue weighted by Gasteiger charge is 2.23. The van der Waals surface area contributed by atoms with Crippen molar-refractivity contribution >= 4 is 11.9 Å². The van der Waals surface area contributed by atoms with Crippen molar-refractivity contribution in [2.24, 2.45) is 5.92 Å². The van der Waals surface area contributed by atoms with Crippen molar-refractivity contribution in [3.63, 3.8) is 0 Å².